The Morgan fingerprint density at radius 1 is 1.36 bits per heavy atom. The lowest BCUT2D eigenvalue weighted by Crippen LogP contribution is -2.47. The highest BCUT2D eigenvalue weighted by Gasteiger charge is 2.20. The summed E-state index contributed by atoms with van der Waals surface area (Å²) in [4.78, 5) is 18.4. The molecule has 120 valence electrons. The molecule has 0 bridgehead atoms. The van der Waals surface area contributed by atoms with Crippen molar-refractivity contribution in [2.45, 2.75) is 39.3 Å². The minimum absolute atomic E-state index is 0.113. The molecule has 1 aromatic carbocycles. The van der Waals surface area contributed by atoms with E-state index >= 15 is 0 Å². The van der Waals surface area contributed by atoms with Crippen molar-refractivity contribution in [2.75, 3.05) is 20.1 Å². The van der Waals surface area contributed by atoms with Gasteiger partial charge in [-0.15, -0.1) is 0 Å². The van der Waals surface area contributed by atoms with Crippen molar-refractivity contribution in [2.24, 2.45) is 4.99 Å². The number of amides is 1. The Balaban J connectivity index is 1.86. The molecule has 1 aliphatic heterocycles. The summed E-state index contributed by atoms with van der Waals surface area (Å²) >= 11 is 0. The van der Waals surface area contributed by atoms with E-state index in [4.69, 9.17) is 0 Å². The number of aliphatic imine (C=N–C) groups is 1. The van der Waals surface area contributed by atoms with Gasteiger partial charge in [-0.25, -0.2) is 0 Å². The van der Waals surface area contributed by atoms with Gasteiger partial charge >= 0.3 is 0 Å². The second-order valence-corrected chi connectivity index (χ2v) is 5.71. The number of hydrogen-bond acceptors (Lipinski definition) is 2. The number of carbonyl (C=O) groups is 1. The van der Waals surface area contributed by atoms with Crippen LogP contribution in [0.4, 0.5) is 0 Å². The summed E-state index contributed by atoms with van der Waals surface area (Å²) in [6.45, 7) is 5.97. The first kappa shape index (κ1) is 16.3. The molecule has 5 heteroatoms. The number of nitrogens with zero attached hydrogens (tertiary/aromatic N) is 2. The summed E-state index contributed by atoms with van der Waals surface area (Å²) in [5, 5.41) is 6.36. The Labute approximate surface area is 132 Å². The van der Waals surface area contributed by atoms with Crippen LogP contribution in [-0.2, 0) is 17.8 Å². The van der Waals surface area contributed by atoms with E-state index in [0.29, 0.717) is 18.5 Å². The summed E-state index contributed by atoms with van der Waals surface area (Å²) in [5.41, 5.74) is 2.61. The van der Waals surface area contributed by atoms with Crippen LogP contribution in [-0.4, -0.2) is 42.9 Å². The number of carbonyl (C=O) groups excluding carboxylic acids is 1. The first-order valence-electron chi connectivity index (χ1n) is 7.95. The molecule has 1 amide bonds. The van der Waals surface area contributed by atoms with Crippen LogP contribution in [0.1, 0.15) is 31.4 Å². The summed E-state index contributed by atoms with van der Waals surface area (Å²) in [6.07, 6.45) is 1.94. The lowest BCUT2D eigenvalue weighted by Gasteiger charge is -2.29. The topological polar surface area (TPSA) is 56.7 Å². The molecule has 0 aliphatic carbocycles. The van der Waals surface area contributed by atoms with Crippen molar-refractivity contribution in [3.05, 3.63) is 35.4 Å². The predicted molar refractivity (Wildman–Crippen MR) is 89.8 cm³/mol. The average molecular weight is 302 g/mol. The molecule has 1 atom stereocenters. The molecule has 22 heavy (non-hydrogen) atoms. The summed E-state index contributed by atoms with van der Waals surface area (Å²) < 4.78 is 0. The molecule has 0 saturated carbocycles. The summed E-state index contributed by atoms with van der Waals surface area (Å²) in [5.74, 6) is 0.793. The van der Waals surface area contributed by atoms with Crippen LogP contribution in [0, 0.1) is 0 Å². The van der Waals surface area contributed by atoms with E-state index in [1.807, 2.05) is 11.0 Å². The van der Waals surface area contributed by atoms with Gasteiger partial charge in [-0.05, 0) is 30.9 Å². The molecular formula is C17H26N4O. The van der Waals surface area contributed by atoms with E-state index < -0.39 is 0 Å². The number of hydrogen-bond donors (Lipinski definition) is 2. The Morgan fingerprint density at radius 3 is 2.77 bits per heavy atom. The maximum Gasteiger partial charge on any atom is 0.242 e. The summed E-state index contributed by atoms with van der Waals surface area (Å²) in [6, 6.07) is 8.67. The minimum Gasteiger partial charge on any atom is -0.354 e. The fraction of sp³-hybridized carbons (Fsp3) is 0.529. The van der Waals surface area contributed by atoms with Gasteiger partial charge in [0.2, 0.25) is 5.91 Å². The van der Waals surface area contributed by atoms with E-state index in [1.54, 1.807) is 7.05 Å². The van der Waals surface area contributed by atoms with E-state index in [2.05, 4.69) is 47.7 Å². The fourth-order valence-corrected chi connectivity index (χ4v) is 2.51. The first-order chi connectivity index (χ1) is 10.6. The zero-order valence-electron chi connectivity index (χ0n) is 13.7. The SMILES string of the molecule is CCC(C)NC(=NC)NCC(=O)N1CCc2ccccc2C1. The zero-order valence-corrected chi connectivity index (χ0v) is 13.7. The third kappa shape index (κ3) is 4.23. The van der Waals surface area contributed by atoms with Crippen molar-refractivity contribution in [3.8, 4) is 0 Å². The van der Waals surface area contributed by atoms with Gasteiger partial charge < -0.3 is 15.5 Å². The number of benzene rings is 1. The van der Waals surface area contributed by atoms with Crippen molar-refractivity contribution in [1.82, 2.24) is 15.5 Å². The Morgan fingerprint density at radius 2 is 2.09 bits per heavy atom. The van der Waals surface area contributed by atoms with E-state index in [9.17, 15) is 4.79 Å². The highest BCUT2D eigenvalue weighted by Crippen LogP contribution is 2.18. The minimum atomic E-state index is 0.113. The van der Waals surface area contributed by atoms with Crippen LogP contribution in [0.2, 0.25) is 0 Å². The summed E-state index contributed by atoms with van der Waals surface area (Å²) in [7, 11) is 1.72. The van der Waals surface area contributed by atoms with Crippen LogP contribution >= 0.6 is 0 Å². The highest BCUT2D eigenvalue weighted by atomic mass is 16.2. The van der Waals surface area contributed by atoms with Gasteiger partial charge in [0.1, 0.15) is 0 Å². The van der Waals surface area contributed by atoms with Gasteiger partial charge in [-0.1, -0.05) is 31.2 Å². The predicted octanol–water partition coefficient (Wildman–Crippen LogP) is 1.53. The molecular weight excluding hydrogens is 276 g/mol. The number of guanidine groups is 1. The van der Waals surface area contributed by atoms with E-state index in [0.717, 1.165) is 19.4 Å². The molecule has 5 nitrogen and oxygen atoms in total. The molecule has 1 aromatic rings. The zero-order chi connectivity index (χ0) is 15.9. The van der Waals surface area contributed by atoms with Crippen molar-refractivity contribution in [3.63, 3.8) is 0 Å². The van der Waals surface area contributed by atoms with Gasteiger partial charge in [0.15, 0.2) is 5.96 Å². The Bertz CT molecular complexity index is 541. The standard InChI is InChI=1S/C17H26N4O/c1-4-13(2)20-17(18-3)19-11-16(22)21-10-9-14-7-5-6-8-15(14)12-21/h5-8,13H,4,9-12H2,1-3H3,(H2,18,19,20). The Hall–Kier alpha value is -2.04. The molecule has 0 saturated heterocycles. The van der Waals surface area contributed by atoms with Crippen molar-refractivity contribution >= 4 is 11.9 Å². The molecule has 2 N–H and O–H groups in total. The molecule has 1 unspecified atom stereocenters. The maximum atomic E-state index is 12.4. The molecule has 1 aliphatic rings. The molecule has 1 heterocycles. The fourth-order valence-electron chi connectivity index (χ4n) is 2.51. The molecule has 0 fully saturated rings. The number of fused-ring (bicyclic) bond motifs is 1. The molecule has 0 aromatic heterocycles. The normalized spacial score (nSPS) is 16.0. The van der Waals surface area contributed by atoms with E-state index in [-0.39, 0.29) is 12.5 Å². The van der Waals surface area contributed by atoms with Gasteiger partial charge in [-0.2, -0.15) is 0 Å². The van der Waals surface area contributed by atoms with Gasteiger partial charge in [0.05, 0.1) is 6.54 Å². The van der Waals surface area contributed by atoms with Crippen LogP contribution in [0.3, 0.4) is 0 Å². The first-order valence-corrected chi connectivity index (χ1v) is 7.95. The van der Waals surface area contributed by atoms with Crippen molar-refractivity contribution in [1.29, 1.82) is 0 Å². The lowest BCUT2D eigenvalue weighted by molar-refractivity contribution is -0.130. The molecule has 0 radical (unpaired) electrons. The second-order valence-electron chi connectivity index (χ2n) is 5.71. The quantitative estimate of drug-likeness (QED) is 0.655. The second kappa shape index (κ2) is 7.82. The monoisotopic (exact) mass is 302 g/mol. The maximum absolute atomic E-state index is 12.4. The Kier molecular flexibility index (Phi) is 5.81. The molecule has 2 rings (SSSR count). The van der Waals surface area contributed by atoms with Gasteiger partial charge in [0, 0.05) is 26.2 Å². The van der Waals surface area contributed by atoms with Gasteiger partial charge in [0.25, 0.3) is 0 Å². The van der Waals surface area contributed by atoms with E-state index in [1.165, 1.54) is 11.1 Å². The van der Waals surface area contributed by atoms with Crippen LogP contribution < -0.4 is 10.6 Å². The number of nitrogens with one attached hydrogen (secondary N) is 2. The third-order valence-corrected chi connectivity index (χ3v) is 4.11. The smallest absolute Gasteiger partial charge is 0.242 e. The lowest BCUT2D eigenvalue weighted by atomic mass is 10.00. The third-order valence-electron chi connectivity index (χ3n) is 4.11. The van der Waals surface area contributed by atoms with Crippen LogP contribution in [0.15, 0.2) is 29.3 Å². The number of rotatable bonds is 4. The van der Waals surface area contributed by atoms with Crippen LogP contribution in [0.5, 0.6) is 0 Å². The highest BCUT2D eigenvalue weighted by molar-refractivity contribution is 5.86. The largest absolute Gasteiger partial charge is 0.354 e. The molecule has 0 spiro atoms. The van der Waals surface area contributed by atoms with Gasteiger partial charge in [-0.3, -0.25) is 9.79 Å². The average Bonchev–Trinajstić information content (AvgIpc) is 2.57. The van der Waals surface area contributed by atoms with Crippen LogP contribution in [0.25, 0.3) is 0 Å². The van der Waals surface area contributed by atoms with Crippen molar-refractivity contribution < 1.29 is 4.79 Å².